The van der Waals surface area contributed by atoms with Gasteiger partial charge in [0.1, 0.15) is 5.69 Å². The van der Waals surface area contributed by atoms with Gasteiger partial charge in [-0.15, -0.1) is 0 Å². The molecule has 0 saturated carbocycles. The van der Waals surface area contributed by atoms with Crippen molar-refractivity contribution in [2.45, 2.75) is 12.7 Å². The van der Waals surface area contributed by atoms with Crippen LogP contribution in [0.15, 0.2) is 60.8 Å². The Kier molecular flexibility index (Phi) is 4.20. The highest BCUT2D eigenvalue weighted by Crippen LogP contribution is 2.29. The van der Waals surface area contributed by atoms with Crippen LogP contribution < -0.4 is 0 Å². The van der Waals surface area contributed by atoms with E-state index >= 15 is 0 Å². The number of rotatable bonds is 4. The molecule has 3 aromatic rings. The molecule has 0 saturated heterocycles. The van der Waals surface area contributed by atoms with Crippen LogP contribution in [0, 0.1) is 0 Å². The van der Waals surface area contributed by atoms with E-state index < -0.39 is 11.7 Å². The van der Waals surface area contributed by atoms with Crippen molar-refractivity contribution in [3.8, 4) is 11.3 Å². The SMILES string of the molecule is O=Cc1cn(Cc2cccc(C(F)(F)F)c2)nc1-c1ccccc1. The minimum Gasteiger partial charge on any atom is -0.298 e. The van der Waals surface area contributed by atoms with Crippen molar-refractivity contribution in [1.82, 2.24) is 9.78 Å². The predicted octanol–water partition coefficient (Wildman–Crippen LogP) is 4.43. The average Bonchev–Trinajstić information content (AvgIpc) is 2.98. The third-order valence-corrected chi connectivity index (χ3v) is 3.56. The zero-order chi connectivity index (χ0) is 17.2. The van der Waals surface area contributed by atoms with Crippen LogP contribution in [0.4, 0.5) is 13.2 Å². The number of hydrogen-bond donors (Lipinski definition) is 0. The first kappa shape index (κ1) is 16.0. The van der Waals surface area contributed by atoms with Crippen molar-refractivity contribution in [2.75, 3.05) is 0 Å². The number of aldehydes is 1. The van der Waals surface area contributed by atoms with Gasteiger partial charge in [-0.3, -0.25) is 9.48 Å². The Labute approximate surface area is 136 Å². The molecule has 0 aliphatic rings. The molecule has 2 aromatic carbocycles. The number of nitrogens with zero attached hydrogens (tertiary/aromatic N) is 2. The molecule has 1 heterocycles. The van der Waals surface area contributed by atoms with Gasteiger partial charge in [0.15, 0.2) is 6.29 Å². The van der Waals surface area contributed by atoms with Crippen LogP contribution in [0.3, 0.4) is 0 Å². The quantitative estimate of drug-likeness (QED) is 0.663. The van der Waals surface area contributed by atoms with E-state index in [2.05, 4.69) is 5.10 Å². The summed E-state index contributed by atoms with van der Waals surface area (Å²) in [5.41, 5.74) is 1.45. The Morgan fingerprint density at radius 2 is 1.79 bits per heavy atom. The van der Waals surface area contributed by atoms with Gasteiger partial charge in [0.05, 0.1) is 17.7 Å². The van der Waals surface area contributed by atoms with Crippen LogP contribution in [0.1, 0.15) is 21.5 Å². The fraction of sp³-hybridized carbons (Fsp3) is 0.111. The van der Waals surface area contributed by atoms with E-state index in [1.54, 1.807) is 6.07 Å². The fourth-order valence-corrected chi connectivity index (χ4v) is 2.46. The maximum Gasteiger partial charge on any atom is 0.416 e. The average molecular weight is 330 g/mol. The molecule has 3 nitrogen and oxygen atoms in total. The second-order valence-corrected chi connectivity index (χ2v) is 5.31. The number of halogens is 3. The van der Waals surface area contributed by atoms with E-state index in [1.165, 1.54) is 16.9 Å². The Hall–Kier alpha value is -2.89. The van der Waals surface area contributed by atoms with Crippen molar-refractivity contribution in [1.29, 1.82) is 0 Å². The highest BCUT2D eigenvalue weighted by Gasteiger charge is 2.30. The predicted molar refractivity (Wildman–Crippen MR) is 83.6 cm³/mol. The summed E-state index contributed by atoms with van der Waals surface area (Å²) in [6.45, 7) is 0.150. The molecule has 0 amide bonds. The van der Waals surface area contributed by atoms with E-state index in [0.29, 0.717) is 23.1 Å². The lowest BCUT2D eigenvalue weighted by Gasteiger charge is -2.08. The highest BCUT2D eigenvalue weighted by molar-refractivity contribution is 5.85. The van der Waals surface area contributed by atoms with Gasteiger partial charge in [0.2, 0.25) is 0 Å². The summed E-state index contributed by atoms with van der Waals surface area (Å²) >= 11 is 0. The van der Waals surface area contributed by atoms with Crippen molar-refractivity contribution in [3.05, 3.63) is 77.5 Å². The van der Waals surface area contributed by atoms with Gasteiger partial charge in [-0.05, 0) is 17.7 Å². The number of carbonyl (C=O) groups is 1. The van der Waals surface area contributed by atoms with Gasteiger partial charge < -0.3 is 0 Å². The van der Waals surface area contributed by atoms with Crippen LogP contribution in [-0.4, -0.2) is 16.1 Å². The van der Waals surface area contributed by atoms with E-state index in [-0.39, 0.29) is 6.54 Å². The Morgan fingerprint density at radius 3 is 2.46 bits per heavy atom. The lowest BCUT2D eigenvalue weighted by molar-refractivity contribution is -0.137. The summed E-state index contributed by atoms with van der Waals surface area (Å²) in [6, 6.07) is 14.2. The van der Waals surface area contributed by atoms with Crippen LogP contribution in [0.2, 0.25) is 0 Å². The molecule has 0 aliphatic heterocycles. The van der Waals surface area contributed by atoms with Gasteiger partial charge in [-0.1, -0.05) is 42.5 Å². The smallest absolute Gasteiger partial charge is 0.298 e. The Balaban J connectivity index is 1.92. The van der Waals surface area contributed by atoms with Gasteiger partial charge in [0, 0.05) is 11.8 Å². The van der Waals surface area contributed by atoms with Crippen LogP contribution in [0.25, 0.3) is 11.3 Å². The number of aromatic nitrogens is 2. The molecular weight excluding hydrogens is 317 g/mol. The van der Waals surface area contributed by atoms with Crippen LogP contribution in [0.5, 0.6) is 0 Å². The number of benzene rings is 2. The number of carbonyl (C=O) groups excluding carboxylic acids is 1. The monoisotopic (exact) mass is 330 g/mol. The van der Waals surface area contributed by atoms with Crippen molar-refractivity contribution >= 4 is 6.29 Å². The van der Waals surface area contributed by atoms with Crippen molar-refractivity contribution in [3.63, 3.8) is 0 Å². The number of alkyl halides is 3. The molecule has 0 bridgehead atoms. The molecule has 0 aliphatic carbocycles. The third-order valence-electron chi connectivity index (χ3n) is 3.56. The van der Waals surface area contributed by atoms with Gasteiger partial charge in [0.25, 0.3) is 0 Å². The first-order valence-electron chi connectivity index (χ1n) is 7.21. The van der Waals surface area contributed by atoms with Crippen molar-refractivity contribution < 1.29 is 18.0 Å². The minimum absolute atomic E-state index is 0.150. The summed E-state index contributed by atoms with van der Waals surface area (Å²) in [5.74, 6) is 0. The Bertz CT molecular complexity index is 854. The first-order valence-corrected chi connectivity index (χ1v) is 7.21. The number of hydrogen-bond acceptors (Lipinski definition) is 2. The van der Waals surface area contributed by atoms with Gasteiger partial charge in [-0.25, -0.2) is 0 Å². The van der Waals surface area contributed by atoms with E-state index in [9.17, 15) is 18.0 Å². The minimum atomic E-state index is -4.39. The Morgan fingerprint density at radius 1 is 1.04 bits per heavy atom. The molecule has 0 radical (unpaired) electrons. The topological polar surface area (TPSA) is 34.9 Å². The summed E-state index contributed by atoms with van der Waals surface area (Å²) < 4.78 is 39.8. The maximum atomic E-state index is 12.8. The first-order chi connectivity index (χ1) is 11.5. The molecule has 0 atom stereocenters. The standard InChI is InChI=1S/C18H13F3N2O/c19-18(20,21)16-8-4-5-13(9-16)10-23-11-15(12-24)17(22-23)14-6-2-1-3-7-14/h1-9,11-12H,10H2. The van der Waals surface area contributed by atoms with E-state index in [1.807, 2.05) is 30.3 Å². The summed E-state index contributed by atoms with van der Waals surface area (Å²) in [6.07, 6.45) is -2.16. The lowest BCUT2D eigenvalue weighted by Crippen LogP contribution is -2.07. The van der Waals surface area contributed by atoms with Crippen LogP contribution >= 0.6 is 0 Å². The largest absolute Gasteiger partial charge is 0.416 e. The van der Waals surface area contributed by atoms with Gasteiger partial charge >= 0.3 is 6.18 Å². The lowest BCUT2D eigenvalue weighted by atomic mass is 10.1. The molecule has 24 heavy (non-hydrogen) atoms. The zero-order valence-corrected chi connectivity index (χ0v) is 12.5. The fourth-order valence-electron chi connectivity index (χ4n) is 2.46. The molecular formula is C18H13F3N2O. The highest BCUT2D eigenvalue weighted by atomic mass is 19.4. The zero-order valence-electron chi connectivity index (χ0n) is 12.5. The molecule has 0 unspecified atom stereocenters. The second-order valence-electron chi connectivity index (χ2n) is 5.31. The van der Waals surface area contributed by atoms with Gasteiger partial charge in [-0.2, -0.15) is 18.3 Å². The summed E-state index contributed by atoms with van der Waals surface area (Å²) in [7, 11) is 0. The normalized spacial score (nSPS) is 11.5. The molecule has 6 heteroatoms. The summed E-state index contributed by atoms with van der Waals surface area (Å²) in [5, 5.41) is 4.34. The molecule has 122 valence electrons. The molecule has 0 N–H and O–H groups in total. The molecule has 3 rings (SSSR count). The third kappa shape index (κ3) is 3.37. The summed E-state index contributed by atoms with van der Waals surface area (Å²) in [4.78, 5) is 11.2. The second kappa shape index (κ2) is 6.31. The van der Waals surface area contributed by atoms with E-state index in [4.69, 9.17) is 0 Å². The van der Waals surface area contributed by atoms with Crippen LogP contribution in [-0.2, 0) is 12.7 Å². The van der Waals surface area contributed by atoms with E-state index in [0.717, 1.165) is 17.7 Å². The van der Waals surface area contributed by atoms with Crippen molar-refractivity contribution in [2.24, 2.45) is 0 Å². The molecule has 1 aromatic heterocycles. The molecule has 0 fully saturated rings. The molecule has 0 spiro atoms. The maximum absolute atomic E-state index is 12.8.